The van der Waals surface area contributed by atoms with Crippen molar-refractivity contribution in [1.29, 1.82) is 0 Å². The molecule has 1 saturated carbocycles. The second kappa shape index (κ2) is 6.41. The Morgan fingerprint density at radius 3 is 2.19 bits per heavy atom. The normalized spacial score (nSPS) is 20.7. The number of nitrogens with zero attached hydrogens (tertiary/aromatic N) is 2. The van der Waals surface area contributed by atoms with Gasteiger partial charge in [-0.3, -0.25) is 0 Å². The maximum Gasteiger partial charge on any atom is 0.160 e. The molecule has 0 spiro atoms. The minimum atomic E-state index is -0.292. The van der Waals surface area contributed by atoms with Crippen LogP contribution in [0.2, 0.25) is 0 Å². The van der Waals surface area contributed by atoms with Gasteiger partial charge in [0.15, 0.2) is 5.82 Å². The van der Waals surface area contributed by atoms with Gasteiger partial charge in [0.1, 0.15) is 5.60 Å². The quantitative estimate of drug-likeness (QED) is 0.903. The first kappa shape index (κ1) is 16.4. The van der Waals surface area contributed by atoms with Crippen LogP contribution in [0.4, 0.5) is 0 Å². The third kappa shape index (κ3) is 4.01. The van der Waals surface area contributed by atoms with Gasteiger partial charge in [0, 0.05) is 37.7 Å². The summed E-state index contributed by atoms with van der Waals surface area (Å²) in [6.07, 6.45) is 8.17. The van der Waals surface area contributed by atoms with E-state index in [0.29, 0.717) is 11.5 Å². The molecule has 0 aliphatic heterocycles. The number of nitrogens with one attached hydrogen (secondary N) is 1. The SMILES string of the molecule is COC1(c2ncc(CNC(C)C)cn2)CCC(C)(C)CC1. The highest BCUT2D eigenvalue weighted by atomic mass is 16.5. The van der Waals surface area contributed by atoms with E-state index in [1.807, 2.05) is 12.4 Å². The van der Waals surface area contributed by atoms with Gasteiger partial charge in [0.05, 0.1) is 0 Å². The summed E-state index contributed by atoms with van der Waals surface area (Å²) in [6, 6.07) is 0.468. The molecule has 1 aliphatic carbocycles. The predicted octanol–water partition coefficient (Wildman–Crippen LogP) is 3.42. The van der Waals surface area contributed by atoms with E-state index in [2.05, 4.69) is 43.0 Å². The average Bonchev–Trinajstić information content (AvgIpc) is 2.46. The Balaban J connectivity index is 2.09. The molecular weight excluding hydrogens is 262 g/mol. The second-order valence-corrected chi connectivity index (χ2v) is 7.31. The predicted molar refractivity (Wildman–Crippen MR) is 84.9 cm³/mol. The van der Waals surface area contributed by atoms with E-state index in [9.17, 15) is 0 Å². The smallest absolute Gasteiger partial charge is 0.160 e. The third-order valence-corrected chi connectivity index (χ3v) is 4.63. The van der Waals surface area contributed by atoms with E-state index in [0.717, 1.165) is 43.6 Å². The Labute approximate surface area is 128 Å². The fourth-order valence-electron chi connectivity index (χ4n) is 2.85. The van der Waals surface area contributed by atoms with Crippen molar-refractivity contribution in [2.45, 2.75) is 71.6 Å². The highest BCUT2D eigenvalue weighted by Crippen LogP contribution is 2.45. The van der Waals surface area contributed by atoms with Gasteiger partial charge >= 0.3 is 0 Å². The molecule has 0 unspecified atom stereocenters. The molecule has 4 heteroatoms. The topological polar surface area (TPSA) is 47.0 Å². The van der Waals surface area contributed by atoms with Gasteiger partial charge in [-0.05, 0) is 31.1 Å². The van der Waals surface area contributed by atoms with Crippen molar-refractivity contribution in [3.05, 3.63) is 23.8 Å². The molecule has 1 aliphatic rings. The van der Waals surface area contributed by atoms with E-state index < -0.39 is 0 Å². The molecule has 21 heavy (non-hydrogen) atoms. The molecule has 0 saturated heterocycles. The van der Waals surface area contributed by atoms with Crippen molar-refractivity contribution in [3.63, 3.8) is 0 Å². The molecule has 4 nitrogen and oxygen atoms in total. The molecule has 1 heterocycles. The lowest BCUT2D eigenvalue weighted by Crippen LogP contribution is -2.38. The molecule has 1 fully saturated rings. The van der Waals surface area contributed by atoms with Crippen LogP contribution in [-0.4, -0.2) is 23.1 Å². The summed E-state index contributed by atoms with van der Waals surface area (Å²) in [6.45, 7) is 9.74. The molecule has 1 aromatic heterocycles. The Morgan fingerprint density at radius 2 is 1.71 bits per heavy atom. The van der Waals surface area contributed by atoms with Crippen LogP contribution in [0.5, 0.6) is 0 Å². The first-order valence-corrected chi connectivity index (χ1v) is 7.97. The van der Waals surface area contributed by atoms with Crippen molar-refractivity contribution >= 4 is 0 Å². The van der Waals surface area contributed by atoms with Crippen LogP contribution < -0.4 is 5.32 Å². The Hall–Kier alpha value is -1.00. The van der Waals surface area contributed by atoms with Crippen LogP contribution in [0.25, 0.3) is 0 Å². The van der Waals surface area contributed by atoms with Crippen molar-refractivity contribution < 1.29 is 4.74 Å². The lowest BCUT2D eigenvalue weighted by atomic mass is 9.70. The first-order chi connectivity index (χ1) is 9.87. The van der Waals surface area contributed by atoms with E-state index in [1.54, 1.807) is 7.11 Å². The lowest BCUT2D eigenvalue weighted by Gasteiger charge is -2.41. The summed E-state index contributed by atoms with van der Waals surface area (Å²) >= 11 is 0. The third-order valence-electron chi connectivity index (χ3n) is 4.63. The molecule has 0 aromatic carbocycles. The maximum absolute atomic E-state index is 5.86. The largest absolute Gasteiger partial charge is 0.370 e. The lowest BCUT2D eigenvalue weighted by molar-refractivity contribution is -0.0729. The van der Waals surface area contributed by atoms with E-state index in [-0.39, 0.29) is 5.60 Å². The van der Waals surface area contributed by atoms with E-state index >= 15 is 0 Å². The highest BCUT2D eigenvalue weighted by molar-refractivity contribution is 5.11. The molecule has 0 radical (unpaired) electrons. The molecular formula is C17H29N3O. The molecule has 0 amide bonds. The monoisotopic (exact) mass is 291 g/mol. The standard InChI is InChI=1S/C17H29N3O/c1-13(2)18-10-14-11-19-15(20-12-14)17(21-5)8-6-16(3,4)7-9-17/h11-13,18H,6-10H2,1-5H3. The molecule has 0 bridgehead atoms. The minimum absolute atomic E-state index is 0.292. The van der Waals surface area contributed by atoms with Crippen molar-refractivity contribution in [2.75, 3.05) is 7.11 Å². The van der Waals surface area contributed by atoms with Gasteiger partial charge < -0.3 is 10.1 Å². The summed E-state index contributed by atoms with van der Waals surface area (Å²) in [5.41, 5.74) is 1.23. The summed E-state index contributed by atoms with van der Waals surface area (Å²) in [7, 11) is 1.79. The Bertz CT molecular complexity index is 444. The van der Waals surface area contributed by atoms with Gasteiger partial charge in [-0.15, -0.1) is 0 Å². The number of rotatable bonds is 5. The maximum atomic E-state index is 5.86. The van der Waals surface area contributed by atoms with Crippen molar-refractivity contribution in [1.82, 2.24) is 15.3 Å². The zero-order valence-corrected chi connectivity index (χ0v) is 14.1. The zero-order valence-electron chi connectivity index (χ0n) is 14.1. The van der Waals surface area contributed by atoms with Crippen LogP contribution in [0.3, 0.4) is 0 Å². The Kier molecular flexibility index (Phi) is 4.99. The number of ether oxygens (including phenoxy) is 1. The van der Waals surface area contributed by atoms with Crippen LogP contribution in [-0.2, 0) is 16.9 Å². The highest BCUT2D eigenvalue weighted by Gasteiger charge is 2.41. The summed E-state index contributed by atoms with van der Waals surface area (Å²) < 4.78 is 5.86. The van der Waals surface area contributed by atoms with Crippen molar-refractivity contribution in [3.8, 4) is 0 Å². The van der Waals surface area contributed by atoms with Crippen LogP contribution in [0.15, 0.2) is 12.4 Å². The van der Waals surface area contributed by atoms with E-state index in [1.165, 1.54) is 0 Å². The van der Waals surface area contributed by atoms with Crippen LogP contribution in [0, 0.1) is 5.41 Å². The molecule has 0 atom stereocenters. The average molecular weight is 291 g/mol. The minimum Gasteiger partial charge on any atom is -0.370 e. The number of aromatic nitrogens is 2. The number of hydrogen-bond acceptors (Lipinski definition) is 4. The fourth-order valence-corrected chi connectivity index (χ4v) is 2.85. The number of hydrogen-bond donors (Lipinski definition) is 1. The van der Waals surface area contributed by atoms with Gasteiger partial charge in [0.2, 0.25) is 0 Å². The second-order valence-electron chi connectivity index (χ2n) is 7.31. The van der Waals surface area contributed by atoms with Crippen molar-refractivity contribution in [2.24, 2.45) is 5.41 Å². The van der Waals surface area contributed by atoms with Gasteiger partial charge in [-0.1, -0.05) is 27.7 Å². The summed E-state index contributed by atoms with van der Waals surface area (Å²) in [4.78, 5) is 9.19. The fraction of sp³-hybridized carbons (Fsp3) is 0.765. The molecule has 118 valence electrons. The molecule has 1 N–H and O–H groups in total. The first-order valence-electron chi connectivity index (χ1n) is 7.97. The Morgan fingerprint density at radius 1 is 1.14 bits per heavy atom. The molecule has 1 aromatic rings. The number of methoxy groups -OCH3 is 1. The summed E-state index contributed by atoms with van der Waals surface area (Å²) in [5, 5.41) is 3.38. The van der Waals surface area contributed by atoms with Gasteiger partial charge in [0.25, 0.3) is 0 Å². The zero-order chi connectivity index (χ0) is 15.5. The van der Waals surface area contributed by atoms with Crippen LogP contribution in [0.1, 0.15) is 64.8 Å². The summed E-state index contributed by atoms with van der Waals surface area (Å²) in [5.74, 6) is 0.841. The molecule has 2 rings (SSSR count). The van der Waals surface area contributed by atoms with Gasteiger partial charge in [-0.2, -0.15) is 0 Å². The van der Waals surface area contributed by atoms with E-state index in [4.69, 9.17) is 4.74 Å². The van der Waals surface area contributed by atoms with Gasteiger partial charge in [-0.25, -0.2) is 9.97 Å². The van der Waals surface area contributed by atoms with Crippen LogP contribution >= 0.6 is 0 Å².